The topological polar surface area (TPSA) is 28.7 Å². The van der Waals surface area contributed by atoms with Gasteiger partial charge in [0.05, 0.1) is 11.7 Å². The van der Waals surface area contributed by atoms with E-state index in [2.05, 4.69) is 36.2 Å². The highest BCUT2D eigenvalue weighted by molar-refractivity contribution is 5.82. The van der Waals surface area contributed by atoms with Crippen LogP contribution in [0.2, 0.25) is 0 Å². The molecular weight excluding hydrogens is 148 g/mol. The molecule has 0 saturated carbocycles. The Balaban J connectivity index is 2.75. The van der Waals surface area contributed by atoms with Gasteiger partial charge >= 0.3 is 0 Å². The van der Waals surface area contributed by atoms with Gasteiger partial charge in [0.1, 0.15) is 0 Å². The van der Waals surface area contributed by atoms with Crippen LogP contribution in [0.25, 0.3) is 10.9 Å². The molecule has 1 aromatic heterocycles. The van der Waals surface area contributed by atoms with Crippen LogP contribution in [0.5, 0.6) is 0 Å². The van der Waals surface area contributed by atoms with Crippen molar-refractivity contribution < 1.29 is 0 Å². The van der Waals surface area contributed by atoms with E-state index in [1.807, 2.05) is 6.20 Å². The molecule has 2 heteroatoms. The lowest BCUT2D eigenvalue weighted by molar-refractivity contribution is 1.11. The largest absolute Gasteiger partial charge is 0.278 e. The van der Waals surface area contributed by atoms with Crippen LogP contribution in [0.4, 0.5) is 0 Å². The van der Waals surface area contributed by atoms with E-state index in [0.717, 1.165) is 11.9 Å². The number of aromatic amines is 1. The van der Waals surface area contributed by atoms with Crippen LogP contribution in [-0.4, -0.2) is 10.2 Å². The van der Waals surface area contributed by atoms with Crippen molar-refractivity contribution in [1.29, 1.82) is 0 Å². The highest BCUT2D eigenvalue weighted by Gasteiger charge is 2.00. The van der Waals surface area contributed by atoms with Gasteiger partial charge in [-0.3, -0.25) is 5.10 Å². The quantitative estimate of drug-likeness (QED) is 0.682. The summed E-state index contributed by atoms with van der Waals surface area (Å²) >= 11 is 0. The average Bonchev–Trinajstić information content (AvgIpc) is 2.52. The van der Waals surface area contributed by atoms with Crippen LogP contribution in [0.3, 0.4) is 0 Å². The van der Waals surface area contributed by atoms with Gasteiger partial charge in [-0.1, -0.05) is 13.0 Å². The smallest absolute Gasteiger partial charge is 0.0655 e. The summed E-state index contributed by atoms with van der Waals surface area (Å²) in [6.07, 6.45) is 2.96. The maximum atomic E-state index is 4.01. The fourth-order valence-electron chi connectivity index (χ4n) is 1.51. The summed E-state index contributed by atoms with van der Waals surface area (Å²) in [4.78, 5) is 0. The van der Waals surface area contributed by atoms with Crippen LogP contribution < -0.4 is 0 Å². The molecule has 2 nitrogen and oxygen atoms in total. The van der Waals surface area contributed by atoms with Gasteiger partial charge in [0.25, 0.3) is 0 Å². The van der Waals surface area contributed by atoms with Crippen LogP contribution in [-0.2, 0) is 6.42 Å². The lowest BCUT2D eigenvalue weighted by atomic mass is 10.1. The molecule has 62 valence electrons. The van der Waals surface area contributed by atoms with E-state index in [4.69, 9.17) is 0 Å². The maximum Gasteiger partial charge on any atom is 0.0655 e. The second kappa shape index (κ2) is 2.63. The average molecular weight is 160 g/mol. The lowest BCUT2D eigenvalue weighted by Crippen LogP contribution is -1.82. The van der Waals surface area contributed by atoms with E-state index in [0.29, 0.717) is 0 Å². The fourth-order valence-corrected chi connectivity index (χ4v) is 1.51. The number of hydrogen-bond acceptors (Lipinski definition) is 1. The van der Waals surface area contributed by atoms with Crippen molar-refractivity contribution in [2.24, 2.45) is 0 Å². The number of aryl methyl sites for hydroxylation is 2. The summed E-state index contributed by atoms with van der Waals surface area (Å²) in [6.45, 7) is 4.29. The number of benzene rings is 1. The molecule has 0 unspecified atom stereocenters. The van der Waals surface area contributed by atoms with Gasteiger partial charge < -0.3 is 0 Å². The van der Waals surface area contributed by atoms with Crippen molar-refractivity contribution in [3.05, 3.63) is 29.5 Å². The predicted octanol–water partition coefficient (Wildman–Crippen LogP) is 2.43. The lowest BCUT2D eigenvalue weighted by Gasteiger charge is -1.99. The summed E-state index contributed by atoms with van der Waals surface area (Å²) in [5.74, 6) is 0. The Hall–Kier alpha value is -1.31. The molecule has 2 aromatic rings. The Morgan fingerprint density at radius 3 is 3.00 bits per heavy atom. The molecule has 0 amide bonds. The minimum Gasteiger partial charge on any atom is -0.278 e. The van der Waals surface area contributed by atoms with Crippen LogP contribution in [0, 0.1) is 6.92 Å². The first-order valence-electron chi connectivity index (χ1n) is 4.24. The SMILES string of the molecule is CCc1cc(C)c2cn[nH]c2c1. The Labute approximate surface area is 71.6 Å². The molecule has 1 heterocycles. The van der Waals surface area contributed by atoms with Gasteiger partial charge in [0.2, 0.25) is 0 Å². The van der Waals surface area contributed by atoms with E-state index in [9.17, 15) is 0 Å². The van der Waals surface area contributed by atoms with E-state index >= 15 is 0 Å². The minimum atomic E-state index is 1.08. The second-order valence-electron chi connectivity index (χ2n) is 3.10. The molecule has 0 radical (unpaired) electrons. The molecule has 0 bridgehead atoms. The Bertz CT molecular complexity index is 401. The highest BCUT2D eigenvalue weighted by atomic mass is 15.1. The number of nitrogens with one attached hydrogen (secondary N) is 1. The van der Waals surface area contributed by atoms with Crippen molar-refractivity contribution >= 4 is 10.9 Å². The first-order valence-corrected chi connectivity index (χ1v) is 4.24. The third kappa shape index (κ3) is 0.998. The van der Waals surface area contributed by atoms with Crippen molar-refractivity contribution in [2.45, 2.75) is 20.3 Å². The summed E-state index contributed by atoms with van der Waals surface area (Å²) < 4.78 is 0. The normalized spacial score (nSPS) is 10.8. The maximum absolute atomic E-state index is 4.01. The van der Waals surface area contributed by atoms with Crippen LogP contribution >= 0.6 is 0 Å². The number of rotatable bonds is 1. The van der Waals surface area contributed by atoms with E-state index in [1.54, 1.807) is 0 Å². The fraction of sp³-hybridized carbons (Fsp3) is 0.300. The van der Waals surface area contributed by atoms with Crippen molar-refractivity contribution in [3.63, 3.8) is 0 Å². The molecule has 0 saturated heterocycles. The molecule has 0 aliphatic rings. The molecule has 0 atom stereocenters. The first-order chi connectivity index (χ1) is 5.81. The highest BCUT2D eigenvalue weighted by Crippen LogP contribution is 2.18. The van der Waals surface area contributed by atoms with E-state index < -0.39 is 0 Å². The summed E-state index contributed by atoms with van der Waals surface area (Å²) in [5, 5.41) is 8.23. The van der Waals surface area contributed by atoms with Crippen molar-refractivity contribution in [1.82, 2.24) is 10.2 Å². The van der Waals surface area contributed by atoms with Gasteiger partial charge in [-0.15, -0.1) is 0 Å². The molecule has 0 aliphatic heterocycles. The molecule has 2 rings (SSSR count). The zero-order chi connectivity index (χ0) is 8.55. The molecule has 0 fully saturated rings. The van der Waals surface area contributed by atoms with Gasteiger partial charge in [-0.2, -0.15) is 5.10 Å². The Morgan fingerprint density at radius 1 is 1.42 bits per heavy atom. The number of nitrogens with zero attached hydrogens (tertiary/aromatic N) is 1. The third-order valence-electron chi connectivity index (χ3n) is 2.23. The number of aromatic nitrogens is 2. The first kappa shape index (κ1) is 7.35. The van der Waals surface area contributed by atoms with Gasteiger partial charge in [0.15, 0.2) is 0 Å². The zero-order valence-electron chi connectivity index (χ0n) is 7.39. The van der Waals surface area contributed by atoms with Gasteiger partial charge in [-0.25, -0.2) is 0 Å². The minimum absolute atomic E-state index is 1.08. The van der Waals surface area contributed by atoms with Crippen molar-refractivity contribution in [2.75, 3.05) is 0 Å². The number of H-pyrrole nitrogens is 1. The summed E-state index contributed by atoms with van der Waals surface area (Å²) in [7, 11) is 0. The Kier molecular flexibility index (Phi) is 1.61. The van der Waals surface area contributed by atoms with E-state index in [1.165, 1.54) is 16.5 Å². The molecule has 0 aliphatic carbocycles. The standard InChI is InChI=1S/C10H12N2/c1-3-8-4-7(2)9-6-11-12-10(9)5-8/h4-6H,3H2,1-2H3,(H,11,12). The molecule has 12 heavy (non-hydrogen) atoms. The van der Waals surface area contributed by atoms with Gasteiger partial charge in [-0.05, 0) is 30.5 Å². The summed E-state index contributed by atoms with van der Waals surface area (Å²) in [6, 6.07) is 4.38. The summed E-state index contributed by atoms with van der Waals surface area (Å²) in [5.41, 5.74) is 3.81. The third-order valence-corrected chi connectivity index (χ3v) is 2.23. The number of hydrogen-bond donors (Lipinski definition) is 1. The van der Waals surface area contributed by atoms with Crippen molar-refractivity contribution in [3.8, 4) is 0 Å². The zero-order valence-corrected chi connectivity index (χ0v) is 7.39. The Morgan fingerprint density at radius 2 is 2.25 bits per heavy atom. The monoisotopic (exact) mass is 160 g/mol. The van der Waals surface area contributed by atoms with Crippen LogP contribution in [0.15, 0.2) is 18.3 Å². The second-order valence-corrected chi connectivity index (χ2v) is 3.10. The molecule has 1 aromatic carbocycles. The molecule has 1 N–H and O–H groups in total. The molecular formula is C10H12N2. The van der Waals surface area contributed by atoms with E-state index in [-0.39, 0.29) is 0 Å². The predicted molar refractivity (Wildman–Crippen MR) is 50.2 cm³/mol. The van der Waals surface area contributed by atoms with Crippen LogP contribution in [0.1, 0.15) is 18.1 Å². The van der Waals surface area contributed by atoms with Gasteiger partial charge in [0, 0.05) is 5.39 Å². The molecule has 0 spiro atoms. The number of fused-ring (bicyclic) bond motifs is 1.